The van der Waals surface area contributed by atoms with Gasteiger partial charge in [0, 0.05) is 36.2 Å². The molecule has 0 bridgehead atoms. The smallest absolute Gasteiger partial charge is 0.335 e. The van der Waals surface area contributed by atoms with Gasteiger partial charge in [0.25, 0.3) is 0 Å². The molecule has 1 saturated heterocycles. The van der Waals surface area contributed by atoms with E-state index >= 15 is 0 Å². The van der Waals surface area contributed by atoms with Crippen molar-refractivity contribution in [2.45, 2.75) is 45.7 Å². The molecule has 1 aromatic heterocycles. The minimum absolute atomic E-state index is 0.365. The molecule has 150 valence electrons. The summed E-state index contributed by atoms with van der Waals surface area (Å²) in [6.07, 6.45) is 5.95. The van der Waals surface area contributed by atoms with Crippen molar-refractivity contribution in [3.63, 3.8) is 0 Å². The second-order valence-electron chi connectivity index (χ2n) is 8.91. The van der Waals surface area contributed by atoms with E-state index in [-0.39, 0.29) is 0 Å². The van der Waals surface area contributed by atoms with Gasteiger partial charge in [-0.2, -0.15) is 0 Å². The molecule has 3 aromatic rings. The third-order valence-electron chi connectivity index (χ3n) is 7.22. The Morgan fingerprint density at radius 3 is 2.69 bits per heavy atom. The third kappa shape index (κ3) is 3.06. The second-order valence-corrected chi connectivity index (χ2v) is 8.91. The SMILES string of the molecule is Cc1cc(C)c2[nH]ccc2c1CN1C[C@@H]2CCC[C@@H]2[C@H]1c1ccc(C(=O)O)cc1. The van der Waals surface area contributed by atoms with Crippen LogP contribution in [0, 0.1) is 25.7 Å². The fraction of sp³-hybridized carbons (Fsp3) is 0.400. The van der Waals surface area contributed by atoms with Crippen molar-refractivity contribution in [3.05, 3.63) is 70.4 Å². The van der Waals surface area contributed by atoms with Crippen molar-refractivity contribution in [2.75, 3.05) is 6.54 Å². The molecule has 0 spiro atoms. The van der Waals surface area contributed by atoms with Crippen LogP contribution in [0.3, 0.4) is 0 Å². The highest BCUT2D eigenvalue weighted by molar-refractivity contribution is 5.88. The Hall–Kier alpha value is -2.59. The number of nitrogens with zero attached hydrogens (tertiary/aromatic N) is 1. The molecule has 1 aliphatic heterocycles. The number of aromatic amines is 1. The molecule has 0 radical (unpaired) electrons. The molecule has 3 atom stereocenters. The van der Waals surface area contributed by atoms with E-state index in [1.54, 1.807) is 12.1 Å². The standard InChI is InChI=1S/C25H28N2O2/c1-15-12-16(2)23-21(10-11-26-23)22(15)14-27-13-19-4-3-5-20(19)24(27)17-6-8-18(9-7-17)25(28)29/h6-12,19-20,24,26H,3-5,13-14H2,1-2H3,(H,28,29)/t19-,20-,24+/m0/s1. The van der Waals surface area contributed by atoms with Crippen LogP contribution in [0.25, 0.3) is 10.9 Å². The number of carboxylic acid groups (broad SMARTS) is 1. The van der Waals surface area contributed by atoms with E-state index < -0.39 is 5.97 Å². The number of fused-ring (bicyclic) bond motifs is 2. The number of aromatic nitrogens is 1. The minimum Gasteiger partial charge on any atom is -0.478 e. The van der Waals surface area contributed by atoms with E-state index in [9.17, 15) is 9.90 Å². The number of hydrogen-bond acceptors (Lipinski definition) is 2. The molecule has 2 aliphatic rings. The highest BCUT2D eigenvalue weighted by Gasteiger charge is 2.44. The van der Waals surface area contributed by atoms with Gasteiger partial charge in [0.1, 0.15) is 0 Å². The maximum Gasteiger partial charge on any atom is 0.335 e. The van der Waals surface area contributed by atoms with Gasteiger partial charge < -0.3 is 10.1 Å². The zero-order chi connectivity index (χ0) is 20.1. The molecule has 29 heavy (non-hydrogen) atoms. The summed E-state index contributed by atoms with van der Waals surface area (Å²) in [6.45, 7) is 6.47. The van der Waals surface area contributed by atoms with Crippen LogP contribution in [0.4, 0.5) is 0 Å². The van der Waals surface area contributed by atoms with Crippen molar-refractivity contribution in [2.24, 2.45) is 11.8 Å². The molecule has 1 aliphatic carbocycles. The average molecular weight is 389 g/mol. The normalized spacial score (nSPS) is 24.3. The van der Waals surface area contributed by atoms with E-state index in [4.69, 9.17) is 0 Å². The number of nitrogens with one attached hydrogen (secondary N) is 1. The summed E-state index contributed by atoms with van der Waals surface area (Å²) < 4.78 is 0. The molecule has 2 aromatic carbocycles. The van der Waals surface area contributed by atoms with Crippen LogP contribution in [0.5, 0.6) is 0 Å². The number of carbonyl (C=O) groups is 1. The number of aryl methyl sites for hydroxylation is 2. The number of hydrogen-bond donors (Lipinski definition) is 2. The quantitative estimate of drug-likeness (QED) is 0.624. The monoisotopic (exact) mass is 388 g/mol. The van der Waals surface area contributed by atoms with Crippen LogP contribution < -0.4 is 0 Å². The van der Waals surface area contributed by atoms with Crippen molar-refractivity contribution < 1.29 is 9.90 Å². The first kappa shape index (κ1) is 18.4. The molecule has 0 unspecified atom stereocenters. The predicted octanol–water partition coefficient (Wildman–Crippen LogP) is 5.46. The Kier molecular flexibility index (Phi) is 4.47. The van der Waals surface area contributed by atoms with Gasteiger partial charge in [-0.25, -0.2) is 4.79 Å². The summed E-state index contributed by atoms with van der Waals surface area (Å²) in [5.41, 5.74) is 6.94. The Balaban J connectivity index is 1.52. The van der Waals surface area contributed by atoms with Crippen molar-refractivity contribution in [1.82, 2.24) is 9.88 Å². The predicted molar refractivity (Wildman–Crippen MR) is 115 cm³/mol. The lowest BCUT2D eigenvalue weighted by atomic mass is 9.89. The van der Waals surface area contributed by atoms with Gasteiger partial charge in [0.2, 0.25) is 0 Å². The highest BCUT2D eigenvalue weighted by atomic mass is 16.4. The fourth-order valence-electron chi connectivity index (χ4n) is 5.89. The largest absolute Gasteiger partial charge is 0.478 e. The lowest BCUT2D eigenvalue weighted by Crippen LogP contribution is -2.26. The number of aromatic carboxylic acids is 1. The van der Waals surface area contributed by atoms with E-state index in [0.717, 1.165) is 19.0 Å². The van der Waals surface area contributed by atoms with Crippen LogP contribution in [0.15, 0.2) is 42.6 Å². The van der Waals surface area contributed by atoms with Crippen molar-refractivity contribution >= 4 is 16.9 Å². The maximum atomic E-state index is 11.3. The van der Waals surface area contributed by atoms with Crippen LogP contribution in [-0.4, -0.2) is 27.5 Å². The van der Waals surface area contributed by atoms with Crippen molar-refractivity contribution in [3.8, 4) is 0 Å². The highest BCUT2D eigenvalue weighted by Crippen LogP contribution is 2.50. The Morgan fingerprint density at radius 2 is 1.93 bits per heavy atom. The van der Waals surface area contributed by atoms with Gasteiger partial charge >= 0.3 is 5.97 Å². The first-order valence-electron chi connectivity index (χ1n) is 10.7. The number of carboxylic acids is 1. The van der Waals surface area contributed by atoms with Crippen LogP contribution in [0.2, 0.25) is 0 Å². The number of benzene rings is 2. The minimum atomic E-state index is -0.858. The average Bonchev–Trinajstić information content (AvgIpc) is 3.41. The van der Waals surface area contributed by atoms with Gasteiger partial charge in [0.15, 0.2) is 0 Å². The molecule has 2 fully saturated rings. The zero-order valence-electron chi connectivity index (χ0n) is 17.1. The van der Waals surface area contributed by atoms with Crippen LogP contribution >= 0.6 is 0 Å². The molecule has 1 saturated carbocycles. The summed E-state index contributed by atoms with van der Waals surface area (Å²) >= 11 is 0. The summed E-state index contributed by atoms with van der Waals surface area (Å²) in [7, 11) is 0. The number of H-pyrrole nitrogens is 1. The van der Waals surface area contributed by atoms with Crippen LogP contribution in [0.1, 0.15) is 57.9 Å². The molecular formula is C25H28N2O2. The second kappa shape index (κ2) is 7.03. The molecule has 2 heterocycles. The lowest BCUT2D eigenvalue weighted by molar-refractivity contribution is 0.0697. The number of likely N-dealkylation sites (tertiary alicyclic amines) is 1. The van der Waals surface area contributed by atoms with Crippen LogP contribution in [-0.2, 0) is 6.54 Å². The molecule has 0 amide bonds. The summed E-state index contributed by atoms with van der Waals surface area (Å²) in [4.78, 5) is 17.3. The lowest BCUT2D eigenvalue weighted by Gasteiger charge is -2.29. The van der Waals surface area contributed by atoms with Gasteiger partial charge in [0.05, 0.1) is 5.56 Å². The summed E-state index contributed by atoms with van der Waals surface area (Å²) in [5.74, 6) is 0.577. The summed E-state index contributed by atoms with van der Waals surface area (Å²) in [6, 6.07) is 12.5. The maximum absolute atomic E-state index is 11.3. The zero-order valence-corrected chi connectivity index (χ0v) is 17.1. The molecule has 2 N–H and O–H groups in total. The molecular weight excluding hydrogens is 360 g/mol. The first-order valence-corrected chi connectivity index (χ1v) is 10.7. The van der Waals surface area contributed by atoms with Gasteiger partial charge in [-0.3, -0.25) is 4.90 Å². The Bertz CT molecular complexity index is 1070. The van der Waals surface area contributed by atoms with Gasteiger partial charge in [-0.05, 0) is 79.0 Å². The van der Waals surface area contributed by atoms with Crippen molar-refractivity contribution in [1.29, 1.82) is 0 Å². The Labute approximate surface area is 171 Å². The topological polar surface area (TPSA) is 56.3 Å². The molecule has 4 heteroatoms. The summed E-state index contributed by atoms with van der Waals surface area (Å²) in [5, 5.41) is 10.6. The van der Waals surface area contributed by atoms with Gasteiger partial charge in [-0.1, -0.05) is 24.6 Å². The van der Waals surface area contributed by atoms with E-state index in [1.807, 2.05) is 18.3 Å². The number of rotatable bonds is 4. The molecule has 4 nitrogen and oxygen atoms in total. The van der Waals surface area contributed by atoms with E-state index in [0.29, 0.717) is 17.5 Å². The van der Waals surface area contributed by atoms with E-state index in [2.05, 4.69) is 35.9 Å². The first-order chi connectivity index (χ1) is 14.0. The molecule has 5 rings (SSSR count). The van der Waals surface area contributed by atoms with E-state index in [1.165, 1.54) is 52.4 Å². The Morgan fingerprint density at radius 1 is 1.14 bits per heavy atom. The van der Waals surface area contributed by atoms with Gasteiger partial charge in [-0.15, -0.1) is 0 Å². The fourth-order valence-corrected chi connectivity index (χ4v) is 5.89. The third-order valence-corrected chi connectivity index (χ3v) is 7.22.